The van der Waals surface area contributed by atoms with Crippen LogP contribution in [0, 0.1) is 0 Å². The van der Waals surface area contributed by atoms with Gasteiger partial charge in [0.1, 0.15) is 5.52 Å². The van der Waals surface area contributed by atoms with Gasteiger partial charge in [0, 0.05) is 6.04 Å². The zero-order chi connectivity index (χ0) is 18.5. The smallest absolute Gasteiger partial charge is 0.308 e. The maximum Gasteiger partial charge on any atom is 0.308 e. The van der Waals surface area contributed by atoms with Gasteiger partial charge in [0.05, 0.1) is 18.4 Å². The number of nitrogens with zero attached hydrogens (tertiary/aromatic N) is 3. The van der Waals surface area contributed by atoms with Crippen molar-refractivity contribution in [2.45, 2.75) is 57.7 Å². The highest BCUT2D eigenvalue weighted by atomic mass is 16.5. The number of ether oxygens (including phenoxy) is 1. The van der Waals surface area contributed by atoms with Crippen LogP contribution < -0.4 is 10.9 Å². The van der Waals surface area contributed by atoms with Gasteiger partial charge in [0.25, 0.3) is 11.5 Å². The van der Waals surface area contributed by atoms with E-state index in [4.69, 9.17) is 4.74 Å². The van der Waals surface area contributed by atoms with E-state index in [1.54, 1.807) is 31.2 Å². The molecule has 0 bridgehead atoms. The molecular weight excluding hydrogens is 336 g/mol. The maximum absolute atomic E-state index is 12.3. The molecule has 1 aliphatic rings. The highest BCUT2D eigenvalue weighted by molar-refractivity contribution is 5.83. The number of carbonyl (C=O) groups is 2. The van der Waals surface area contributed by atoms with E-state index >= 15 is 0 Å². The van der Waals surface area contributed by atoms with Crippen molar-refractivity contribution < 1.29 is 14.3 Å². The van der Waals surface area contributed by atoms with Crippen LogP contribution in [0.5, 0.6) is 0 Å². The van der Waals surface area contributed by atoms with Gasteiger partial charge in [0.2, 0.25) is 0 Å². The largest absolute Gasteiger partial charge is 0.452 e. The van der Waals surface area contributed by atoms with Crippen LogP contribution in [0.25, 0.3) is 10.9 Å². The van der Waals surface area contributed by atoms with Gasteiger partial charge in [-0.2, -0.15) is 0 Å². The molecule has 0 aliphatic heterocycles. The minimum atomic E-state index is -0.859. The van der Waals surface area contributed by atoms with Gasteiger partial charge in [-0.05, 0) is 31.9 Å². The third-order valence-electron chi connectivity index (χ3n) is 4.54. The fraction of sp³-hybridized carbons (Fsp3) is 0.500. The van der Waals surface area contributed by atoms with Gasteiger partial charge >= 0.3 is 5.97 Å². The summed E-state index contributed by atoms with van der Waals surface area (Å²) in [6.45, 7) is 1.59. The first kappa shape index (κ1) is 18.0. The molecule has 1 amide bonds. The summed E-state index contributed by atoms with van der Waals surface area (Å²) in [5, 5.41) is 11.1. The average Bonchev–Trinajstić information content (AvgIpc) is 3.14. The van der Waals surface area contributed by atoms with Gasteiger partial charge in [-0.25, -0.2) is 4.68 Å². The van der Waals surface area contributed by atoms with E-state index in [1.807, 2.05) is 0 Å². The summed E-state index contributed by atoms with van der Waals surface area (Å²) < 4.78 is 6.29. The highest BCUT2D eigenvalue weighted by Gasteiger charge is 2.23. The zero-order valence-electron chi connectivity index (χ0n) is 14.7. The van der Waals surface area contributed by atoms with E-state index in [9.17, 15) is 14.4 Å². The van der Waals surface area contributed by atoms with E-state index in [-0.39, 0.29) is 30.5 Å². The van der Waals surface area contributed by atoms with Crippen LogP contribution >= 0.6 is 0 Å². The minimum absolute atomic E-state index is 0.0481. The molecule has 0 saturated heterocycles. The molecule has 0 spiro atoms. The Labute approximate surface area is 150 Å². The predicted octanol–water partition coefficient (Wildman–Crippen LogP) is 1.17. The van der Waals surface area contributed by atoms with Gasteiger partial charge < -0.3 is 10.1 Å². The second-order valence-electron chi connectivity index (χ2n) is 6.51. The first-order valence-corrected chi connectivity index (χ1v) is 8.87. The minimum Gasteiger partial charge on any atom is -0.452 e. The van der Waals surface area contributed by atoms with Crippen molar-refractivity contribution in [3.8, 4) is 0 Å². The molecule has 1 saturated carbocycles. The molecule has 1 aromatic carbocycles. The second-order valence-corrected chi connectivity index (χ2v) is 6.51. The summed E-state index contributed by atoms with van der Waals surface area (Å²) >= 11 is 0. The number of amides is 1. The summed E-state index contributed by atoms with van der Waals surface area (Å²) in [7, 11) is 0. The van der Waals surface area contributed by atoms with Crippen molar-refractivity contribution >= 4 is 22.8 Å². The third-order valence-corrected chi connectivity index (χ3v) is 4.54. The Morgan fingerprint density at radius 1 is 1.31 bits per heavy atom. The van der Waals surface area contributed by atoms with E-state index < -0.39 is 12.1 Å². The molecule has 2 aromatic rings. The first-order chi connectivity index (χ1) is 12.5. The van der Waals surface area contributed by atoms with Gasteiger partial charge in [0.15, 0.2) is 6.10 Å². The monoisotopic (exact) mass is 358 g/mol. The Hall–Kier alpha value is -2.77. The summed E-state index contributed by atoms with van der Waals surface area (Å²) in [5.74, 6) is -0.839. The van der Waals surface area contributed by atoms with Crippen LogP contribution in [0.1, 0.15) is 39.0 Å². The van der Waals surface area contributed by atoms with Crippen LogP contribution in [-0.2, 0) is 20.9 Å². The molecule has 0 radical (unpaired) electrons. The molecule has 0 unspecified atom stereocenters. The molecule has 1 atom stereocenters. The Morgan fingerprint density at radius 3 is 2.81 bits per heavy atom. The Morgan fingerprint density at radius 2 is 2.04 bits per heavy atom. The van der Waals surface area contributed by atoms with Gasteiger partial charge in [-0.3, -0.25) is 14.4 Å². The quantitative estimate of drug-likeness (QED) is 0.778. The van der Waals surface area contributed by atoms with Gasteiger partial charge in [-0.15, -0.1) is 5.10 Å². The molecule has 8 heteroatoms. The van der Waals surface area contributed by atoms with Crippen molar-refractivity contribution in [1.82, 2.24) is 20.3 Å². The van der Waals surface area contributed by atoms with Crippen LogP contribution in [0.2, 0.25) is 0 Å². The number of benzene rings is 1. The highest BCUT2D eigenvalue weighted by Crippen LogP contribution is 2.17. The predicted molar refractivity (Wildman–Crippen MR) is 94.4 cm³/mol. The van der Waals surface area contributed by atoms with E-state index in [2.05, 4.69) is 15.6 Å². The molecule has 8 nitrogen and oxygen atoms in total. The summed E-state index contributed by atoms with van der Waals surface area (Å²) in [6.07, 6.45) is 3.24. The molecule has 1 aliphatic carbocycles. The number of fused-ring (bicyclic) bond motifs is 1. The lowest BCUT2D eigenvalue weighted by Crippen LogP contribution is -2.41. The summed E-state index contributed by atoms with van der Waals surface area (Å²) in [5.41, 5.74) is 0.198. The van der Waals surface area contributed by atoms with E-state index in [0.717, 1.165) is 30.4 Å². The van der Waals surface area contributed by atoms with Crippen LogP contribution in [0.15, 0.2) is 29.1 Å². The fourth-order valence-corrected chi connectivity index (χ4v) is 3.07. The fourth-order valence-electron chi connectivity index (χ4n) is 3.07. The Bertz CT molecular complexity index is 858. The lowest BCUT2D eigenvalue weighted by Gasteiger charge is -2.17. The second kappa shape index (κ2) is 8.07. The van der Waals surface area contributed by atoms with E-state index in [0.29, 0.717) is 10.9 Å². The van der Waals surface area contributed by atoms with Crippen molar-refractivity contribution in [3.63, 3.8) is 0 Å². The SMILES string of the molecule is C[C@H](OC(=O)CCn1nnc2ccccc2c1=O)C(=O)NC1CCCC1. The van der Waals surface area contributed by atoms with Crippen molar-refractivity contribution in [3.05, 3.63) is 34.6 Å². The molecular formula is C18H22N4O4. The third kappa shape index (κ3) is 4.25. The van der Waals surface area contributed by atoms with Crippen LogP contribution in [-0.4, -0.2) is 39.0 Å². The molecule has 3 rings (SSSR count). The maximum atomic E-state index is 12.3. The number of aromatic nitrogens is 3. The number of hydrogen-bond acceptors (Lipinski definition) is 6. The molecule has 138 valence electrons. The van der Waals surface area contributed by atoms with Crippen LogP contribution in [0.3, 0.4) is 0 Å². The van der Waals surface area contributed by atoms with Crippen molar-refractivity contribution in [2.75, 3.05) is 0 Å². The van der Waals surface area contributed by atoms with E-state index in [1.165, 1.54) is 0 Å². The normalized spacial score (nSPS) is 15.7. The average molecular weight is 358 g/mol. The Kier molecular flexibility index (Phi) is 5.60. The van der Waals surface area contributed by atoms with Crippen molar-refractivity contribution in [1.29, 1.82) is 0 Å². The lowest BCUT2D eigenvalue weighted by atomic mass is 10.2. The zero-order valence-corrected chi connectivity index (χ0v) is 14.7. The number of carbonyl (C=O) groups excluding carboxylic acids is 2. The first-order valence-electron chi connectivity index (χ1n) is 8.87. The topological polar surface area (TPSA) is 103 Å². The van der Waals surface area contributed by atoms with Crippen molar-refractivity contribution in [2.24, 2.45) is 0 Å². The van der Waals surface area contributed by atoms with Gasteiger partial charge in [-0.1, -0.05) is 30.2 Å². The number of aryl methyl sites for hydroxylation is 1. The number of esters is 1. The number of rotatable bonds is 6. The lowest BCUT2D eigenvalue weighted by molar-refractivity contribution is -0.155. The summed E-state index contributed by atoms with van der Waals surface area (Å²) in [4.78, 5) is 36.3. The molecule has 1 fully saturated rings. The summed E-state index contributed by atoms with van der Waals surface area (Å²) in [6, 6.07) is 7.06. The molecule has 26 heavy (non-hydrogen) atoms. The number of nitrogens with one attached hydrogen (secondary N) is 1. The number of hydrogen-bond donors (Lipinski definition) is 1. The molecule has 1 aromatic heterocycles. The standard InChI is InChI=1S/C18H22N4O4/c1-12(17(24)19-13-6-2-3-7-13)26-16(23)10-11-22-18(25)14-8-4-5-9-15(14)20-21-22/h4-5,8-9,12-13H,2-3,6-7,10-11H2,1H3,(H,19,24)/t12-/m0/s1. The molecule has 1 heterocycles. The van der Waals surface area contributed by atoms with Crippen LogP contribution in [0.4, 0.5) is 0 Å². The molecule has 1 N–H and O–H groups in total. The Balaban J connectivity index is 1.53.